The van der Waals surface area contributed by atoms with Crippen LogP contribution in [0, 0.1) is 5.92 Å². The molecule has 1 aromatic rings. The minimum Gasteiger partial charge on any atom is -0.367 e. The van der Waals surface area contributed by atoms with Crippen molar-refractivity contribution in [2.75, 3.05) is 56.0 Å². The number of piperazine rings is 1. The predicted molar refractivity (Wildman–Crippen MR) is 117 cm³/mol. The highest BCUT2D eigenvalue weighted by Crippen LogP contribution is 2.27. The number of carbonyl (C=O) groups is 1. The first kappa shape index (κ1) is 25.3. The molecule has 150 valence electrons. The van der Waals surface area contributed by atoms with Gasteiger partial charge in [0, 0.05) is 32.1 Å². The number of halogens is 3. The van der Waals surface area contributed by atoms with Crippen molar-refractivity contribution in [3.63, 3.8) is 0 Å². The number of rotatable bonds is 4. The highest BCUT2D eigenvalue weighted by Gasteiger charge is 2.23. The molecular formula is C18H31Cl3N4O. The van der Waals surface area contributed by atoms with E-state index in [2.05, 4.69) is 39.5 Å². The molecule has 2 aliphatic heterocycles. The number of benzene rings is 1. The molecule has 0 atom stereocenters. The standard InChI is InChI=1S/C18H28N4O.3ClH/c1-2-21-11-13-22(14-12-21)17-6-4-3-5-16(17)20-18(23)15-7-9-19-10-8-15;;;/h3-6,15,19H,2,7-14H2,1H3,(H,20,23);3*1H. The predicted octanol–water partition coefficient (Wildman–Crippen LogP) is 3.03. The van der Waals surface area contributed by atoms with Gasteiger partial charge < -0.3 is 20.4 Å². The maximum absolute atomic E-state index is 12.5. The number of anilines is 2. The molecular weight excluding hydrogens is 395 g/mol. The molecule has 0 saturated carbocycles. The van der Waals surface area contributed by atoms with Crippen LogP contribution in [0.4, 0.5) is 11.4 Å². The van der Waals surface area contributed by atoms with Crippen LogP contribution in [0.5, 0.6) is 0 Å². The van der Waals surface area contributed by atoms with Crippen molar-refractivity contribution in [3.8, 4) is 0 Å². The molecule has 2 saturated heterocycles. The SMILES string of the molecule is CCN1CCN(c2ccccc2NC(=O)C2CCNCC2)CC1.Cl.Cl.Cl. The lowest BCUT2D eigenvalue weighted by Gasteiger charge is -2.36. The highest BCUT2D eigenvalue weighted by atomic mass is 35.5. The number of hydrogen-bond acceptors (Lipinski definition) is 4. The summed E-state index contributed by atoms with van der Waals surface area (Å²) in [4.78, 5) is 17.4. The Kier molecular flexibility index (Phi) is 12.3. The minimum atomic E-state index is 0. The van der Waals surface area contributed by atoms with Crippen LogP contribution in [0.1, 0.15) is 19.8 Å². The van der Waals surface area contributed by atoms with Crippen molar-refractivity contribution in [1.82, 2.24) is 10.2 Å². The van der Waals surface area contributed by atoms with Gasteiger partial charge in [0.15, 0.2) is 0 Å². The molecule has 2 heterocycles. The van der Waals surface area contributed by atoms with Gasteiger partial charge in [0.05, 0.1) is 11.4 Å². The fourth-order valence-electron chi connectivity index (χ4n) is 3.48. The first-order valence-corrected chi connectivity index (χ1v) is 8.86. The van der Waals surface area contributed by atoms with E-state index >= 15 is 0 Å². The van der Waals surface area contributed by atoms with Crippen LogP contribution in [0.15, 0.2) is 24.3 Å². The summed E-state index contributed by atoms with van der Waals surface area (Å²) in [5.41, 5.74) is 2.12. The van der Waals surface area contributed by atoms with Crippen molar-refractivity contribution < 1.29 is 4.79 Å². The molecule has 0 aliphatic carbocycles. The molecule has 26 heavy (non-hydrogen) atoms. The van der Waals surface area contributed by atoms with Crippen molar-refractivity contribution in [2.24, 2.45) is 5.92 Å². The fraction of sp³-hybridized carbons (Fsp3) is 0.611. The second kappa shape index (κ2) is 12.6. The van der Waals surface area contributed by atoms with Gasteiger partial charge in [-0.15, -0.1) is 37.2 Å². The molecule has 1 aromatic carbocycles. The van der Waals surface area contributed by atoms with Gasteiger partial charge in [0.25, 0.3) is 0 Å². The smallest absolute Gasteiger partial charge is 0.227 e. The molecule has 0 spiro atoms. The normalized spacial score (nSPS) is 18.1. The number of piperidine rings is 1. The van der Waals surface area contributed by atoms with Crippen LogP contribution in [0.25, 0.3) is 0 Å². The summed E-state index contributed by atoms with van der Waals surface area (Å²) in [6, 6.07) is 8.21. The Labute approximate surface area is 175 Å². The summed E-state index contributed by atoms with van der Waals surface area (Å²) in [5, 5.41) is 6.49. The monoisotopic (exact) mass is 424 g/mol. The fourth-order valence-corrected chi connectivity index (χ4v) is 3.48. The molecule has 2 fully saturated rings. The van der Waals surface area contributed by atoms with Crippen molar-refractivity contribution in [2.45, 2.75) is 19.8 Å². The Bertz CT molecular complexity index is 533. The van der Waals surface area contributed by atoms with Crippen LogP contribution in [-0.4, -0.2) is 56.6 Å². The van der Waals surface area contributed by atoms with Gasteiger partial charge >= 0.3 is 0 Å². The van der Waals surface area contributed by atoms with Gasteiger partial charge in [-0.3, -0.25) is 4.79 Å². The number of hydrogen-bond donors (Lipinski definition) is 2. The summed E-state index contributed by atoms with van der Waals surface area (Å²) >= 11 is 0. The summed E-state index contributed by atoms with van der Waals surface area (Å²) in [6.45, 7) is 9.44. The quantitative estimate of drug-likeness (QED) is 0.778. The minimum absolute atomic E-state index is 0. The molecule has 0 aromatic heterocycles. The van der Waals surface area contributed by atoms with Crippen molar-refractivity contribution >= 4 is 54.5 Å². The first-order chi connectivity index (χ1) is 11.3. The Morgan fingerprint density at radius 2 is 1.69 bits per heavy atom. The Morgan fingerprint density at radius 3 is 2.31 bits per heavy atom. The number of amides is 1. The van der Waals surface area contributed by atoms with Gasteiger partial charge in [0.2, 0.25) is 5.91 Å². The van der Waals surface area contributed by atoms with Crippen LogP contribution in [0.3, 0.4) is 0 Å². The second-order valence-corrected chi connectivity index (χ2v) is 6.45. The zero-order chi connectivity index (χ0) is 16.1. The molecule has 0 bridgehead atoms. The molecule has 1 amide bonds. The van der Waals surface area contributed by atoms with Gasteiger partial charge in [-0.2, -0.15) is 0 Å². The van der Waals surface area contributed by atoms with Crippen molar-refractivity contribution in [3.05, 3.63) is 24.3 Å². The van der Waals surface area contributed by atoms with E-state index in [-0.39, 0.29) is 49.0 Å². The number of likely N-dealkylation sites (N-methyl/N-ethyl adjacent to an activating group) is 1. The van der Waals surface area contributed by atoms with E-state index in [1.165, 1.54) is 0 Å². The Hall–Kier alpha value is -0.720. The second-order valence-electron chi connectivity index (χ2n) is 6.45. The van der Waals surface area contributed by atoms with E-state index < -0.39 is 0 Å². The molecule has 5 nitrogen and oxygen atoms in total. The van der Waals surface area contributed by atoms with E-state index in [9.17, 15) is 4.79 Å². The third kappa shape index (κ3) is 6.46. The maximum atomic E-state index is 12.5. The van der Waals surface area contributed by atoms with Crippen molar-refractivity contribution in [1.29, 1.82) is 0 Å². The molecule has 0 unspecified atom stereocenters. The van der Waals surface area contributed by atoms with Crippen LogP contribution >= 0.6 is 37.2 Å². The lowest BCUT2D eigenvalue weighted by Crippen LogP contribution is -2.46. The van der Waals surface area contributed by atoms with Gasteiger partial charge in [-0.25, -0.2) is 0 Å². The van der Waals surface area contributed by atoms with Gasteiger partial charge in [0.1, 0.15) is 0 Å². The van der Waals surface area contributed by atoms with Gasteiger partial charge in [-0.1, -0.05) is 19.1 Å². The number of nitrogens with zero attached hydrogens (tertiary/aromatic N) is 2. The maximum Gasteiger partial charge on any atom is 0.227 e. The molecule has 2 N–H and O–H groups in total. The molecule has 0 radical (unpaired) electrons. The Morgan fingerprint density at radius 1 is 1.08 bits per heavy atom. The molecule has 2 aliphatic rings. The average Bonchev–Trinajstić information content (AvgIpc) is 2.63. The lowest BCUT2D eigenvalue weighted by atomic mass is 9.97. The number of carbonyl (C=O) groups excluding carboxylic acids is 1. The highest BCUT2D eigenvalue weighted by molar-refractivity contribution is 5.96. The van der Waals surface area contributed by atoms with Crippen LogP contribution < -0.4 is 15.5 Å². The average molecular weight is 426 g/mol. The van der Waals surface area contributed by atoms with E-state index in [1.54, 1.807) is 0 Å². The lowest BCUT2D eigenvalue weighted by molar-refractivity contribution is -0.120. The summed E-state index contributed by atoms with van der Waals surface area (Å²) in [7, 11) is 0. The van der Waals surface area contributed by atoms with E-state index in [1.807, 2.05) is 12.1 Å². The first-order valence-electron chi connectivity index (χ1n) is 8.86. The van der Waals surface area contributed by atoms with Crippen LogP contribution in [-0.2, 0) is 4.79 Å². The van der Waals surface area contributed by atoms with E-state index in [0.717, 1.165) is 70.0 Å². The number of para-hydroxylation sites is 2. The molecule has 3 rings (SSSR count). The third-order valence-corrected chi connectivity index (χ3v) is 5.03. The topological polar surface area (TPSA) is 47.6 Å². The zero-order valence-electron chi connectivity index (χ0n) is 15.3. The number of nitrogens with one attached hydrogen (secondary N) is 2. The van der Waals surface area contributed by atoms with Crippen LogP contribution in [0.2, 0.25) is 0 Å². The van der Waals surface area contributed by atoms with E-state index in [4.69, 9.17) is 0 Å². The summed E-state index contributed by atoms with van der Waals surface area (Å²) in [5.74, 6) is 0.312. The summed E-state index contributed by atoms with van der Waals surface area (Å²) < 4.78 is 0. The third-order valence-electron chi connectivity index (χ3n) is 5.03. The van der Waals surface area contributed by atoms with Gasteiger partial charge in [-0.05, 0) is 44.6 Å². The largest absolute Gasteiger partial charge is 0.367 e. The van der Waals surface area contributed by atoms with E-state index in [0.29, 0.717) is 0 Å². The summed E-state index contributed by atoms with van der Waals surface area (Å²) in [6.07, 6.45) is 1.87. The Balaban J connectivity index is 0.00000208. The molecule has 8 heteroatoms. The zero-order valence-corrected chi connectivity index (χ0v) is 17.7.